The van der Waals surface area contributed by atoms with Crippen molar-refractivity contribution in [2.24, 2.45) is 22.7 Å². The van der Waals surface area contributed by atoms with Crippen LogP contribution in [0.15, 0.2) is 42.5 Å². The van der Waals surface area contributed by atoms with E-state index in [1.54, 1.807) is 0 Å². The number of ether oxygens (including phenoxy) is 1. The number of likely N-dealkylation sites (tertiary alicyclic amines) is 1. The van der Waals surface area contributed by atoms with Crippen molar-refractivity contribution < 1.29 is 24.0 Å². The number of rotatable bonds is 5. The highest BCUT2D eigenvalue weighted by atomic mass is 32.2. The molecule has 4 bridgehead atoms. The molecular weight excluding hydrogens is 426 g/mol. The number of hydrogen-bond acceptors (Lipinski definition) is 5. The van der Waals surface area contributed by atoms with E-state index in [1.165, 1.54) is 4.90 Å². The van der Waals surface area contributed by atoms with Crippen LogP contribution >= 0.6 is 0 Å². The summed E-state index contributed by atoms with van der Waals surface area (Å²) >= 11 is 0. The Morgan fingerprint density at radius 1 is 1.19 bits per heavy atom. The van der Waals surface area contributed by atoms with Gasteiger partial charge in [0.2, 0.25) is 5.91 Å². The monoisotopic (exact) mass is 457 g/mol. The molecular formula is C25H31NO5S. The van der Waals surface area contributed by atoms with Crippen molar-refractivity contribution >= 4 is 16.7 Å². The predicted molar refractivity (Wildman–Crippen MR) is 120 cm³/mol. The summed E-state index contributed by atoms with van der Waals surface area (Å²) in [6.45, 7) is 4.63. The first-order chi connectivity index (χ1) is 15.2. The lowest BCUT2D eigenvalue weighted by atomic mass is 9.70. The second-order valence-corrected chi connectivity index (χ2v) is 12.6. The molecule has 172 valence electrons. The van der Waals surface area contributed by atoms with Crippen molar-refractivity contribution in [3.8, 4) is 0 Å². The Morgan fingerprint density at radius 2 is 1.94 bits per heavy atom. The number of amides is 1. The molecule has 2 saturated heterocycles. The lowest BCUT2D eigenvalue weighted by Crippen LogP contribution is -2.57. The fourth-order valence-corrected chi connectivity index (χ4v) is 10.3. The number of benzene rings is 1. The Labute approximate surface area is 191 Å². The Hall–Kier alpha value is -1.54. The fraction of sp³-hybridized carbons (Fsp3) is 0.640. The largest absolute Gasteiger partial charge is 0.392 e. The normalized spacial score (nSPS) is 46.2. The Kier molecular flexibility index (Phi) is 4.43. The van der Waals surface area contributed by atoms with Crippen LogP contribution < -0.4 is 0 Å². The van der Waals surface area contributed by atoms with Crippen molar-refractivity contribution in [3.05, 3.63) is 48.0 Å². The molecule has 2 aliphatic carbocycles. The molecule has 0 radical (unpaired) electrons. The topological polar surface area (TPSA) is 87.1 Å². The molecule has 1 aromatic carbocycles. The number of carbonyl (C=O) groups is 1. The van der Waals surface area contributed by atoms with Gasteiger partial charge in [0.25, 0.3) is 0 Å². The minimum Gasteiger partial charge on any atom is -0.392 e. The van der Waals surface area contributed by atoms with Crippen molar-refractivity contribution in [2.75, 3.05) is 5.75 Å². The Morgan fingerprint density at radius 3 is 2.59 bits per heavy atom. The van der Waals surface area contributed by atoms with Gasteiger partial charge in [-0.05, 0) is 36.2 Å². The van der Waals surface area contributed by atoms with Crippen LogP contribution in [0.25, 0.3) is 0 Å². The standard InChI is InChI=1S/C25H31NO5S/c1-23(2)16-10-11-24(23,18(27)12-16)14-32(30)25-19-9-8-17(31-19)20(25)21(28)26(22(25)29)13-15-6-4-3-5-7-15/h3-9,16-21,27-28H,10-14H2,1-2H3/t16-,17?,18-,19?,20+,21-,24-,25-,32?/m1/s1. The van der Waals surface area contributed by atoms with Gasteiger partial charge in [0.1, 0.15) is 12.3 Å². The molecule has 3 aliphatic heterocycles. The second-order valence-electron chi connectivity index (χ2n) is 10.9. The van der Waals surface area contributed by atoms with E-state index in [1.807, 2.05) is 42.5 Å². The van der Waals surface area contributed by atoms with Gasteiger partial charge in [-0.25, -0.2) is 0 Å². The Balaban J connectivity index is 1.38. The third-order valence-electron chi connectivity index (χ3n) is 9.64. The highest BCUT2D eigenvalue weighted by Gasteiger charge is 2.75. The summed E-state index contributed by atoms with van der Waals surface area (Å²) in [7, 11) is -1.61. The van der Waals surface area contributed by atoms with Crippen LogP contribution in [-0.2, 0) is 26.9 Å². The SMILES string of the molecule is CC1(C)[C@@H]2CC[C@@]1(CS(=O)[C@@]13C(=O)N(Cc4ccccc4)[C@H](O)[C@@H]1C1C=CC3O1)[C@H](O)C2. The van der Waals surface area contributed by atoms with Gasteiger partial charge in [0.15, 0.2) is 4.75 Å². The molecule has 4 fully saturated rings. The van der Waals surface area contributed by atoms with Crippen LogP contribution in [-0.4, -0.2) is 60.3 Å². The third-order valence-corrected chi connectivity index (χ3v) is 11.8. The zero-order chi connectivity index (χ0) is 22.5. The first-order valence-corrected chi connectivity index (χ1v) is 13.0. The highest BCUT2D eigenvalue weighted by Crippen LogP contribution is 2.67. The molecule has 32 heavy (non-hydrogen) atoms. The number of fused-ring (bicyclic) bond motifs is 7. The van der Waals surface area contributed by atoms with Gasteiger partial charge in [0.05, 0.1) is 18.1 Å². The summed E-state index contributed by atoms with van der Waals surface area (Å²) in [5.74, 6) is -0.167. The van der Waals surface area contributed by atoms with Gasteiger partial charge >= 0.3 is 0 Å². The maximum atomic E-state index is 14.3. The van der Waals surface area contributed by atoms with Gasteiger partial charge in [-0.2, -0.15) is 0 Å². The first kappa shape index (κ1) is 21.0. The molecule has 9 atom stereocenters. The summed E-state index contributed by atoms with van der Waals surface area (Å²) in [5, 5.41) is 22.3. The van der Waals surface area contributed by atoms with E-state index in [9.17, 15) is 19.2 Å². The quantitative estimate of drug-likeness (QED) is 0.661. The fourth-order valence-electron chi connectivity index (χ4n) is 7.60. The molecule has 2 N–H and O–H groups in total. The molecule has 0 aromatic heterocycles. The van der Waals surface area contributed by atoms with Crippen LogP contribution in [0.5, 0.6) is 0 Å². The summed E-state index contributed by atoms with van der Waals surface area (Å²) in [5.41, 5.74) is 0.324. The Bertz CT molecular complexity index is 1010. The van der Waals surface area contributed by atoms with Crippen LogP contribution in [0.4, 0.5) is 0 Å². The average Bonchev–Trinajstić information content (AvgIpc) is 3.52. The first-order valence-electron chi connectivity index (χ1n) is 11.7. The van der Waals surface area contributed by atoms with Crippen LogP contribution in [0.2, 0.25) is 0 Å². The molecule has 6 nitrogen and oxygen atoms in total. The minimum atomic E-state index is -1.61. The predicted octanol–water partition coefficient (Wildman–Crippen LogP) is 1.98. The third kappa shape index (κ3) is 2.36. The molecule has 3 heterocycles. The number of carbonyl (C=O) groups excluding carboxylic acids is 1. The average molecular weight is 458 g/mol. The van der Waals surface area contributed by atoms with E-state index < -0.39 is 51.4 Å². The molecule has 7 heteroatoms. The van der Waals surface area contributed by atoms with Crippen LogP contribution in [0, 0.1) is 22.7 Å². The van der Waals surface area contributed by atoms with E-state index in [-0.39, 0.29) is 23.6 Å². The minimum absolute atomic E-state index is 0.132. The molecule has 5 aliphatic rings. The van der Waals surface area contributed by atoms with E-state index >= 15 is 0 Å². The number of hydrogen-bond donors (Lipinski definition) is 2. The van der Waals surface area contributed by atoms with Gasteiger partial charge in [-0.1, -0.05) is 56.3 Å². The van der Waals surface area contributed by atoms with Gasteiger partial charge in [-0.15, -0.1) is 0 Å². The summed E-state index contributed by atoms with van der Waals surface area (Å²) < 4.78 is 19.0. The maximum absolute atomic E-state index is 14.3. The number of aliphatic hydroxyl groups is 2. The molecule has 2 saturated carbocycles. The zero-order valence-electron chi connectivity index (χ0n) is 18.5. The zero-order valence-corrected chi connectivity index (χ0v) is 19.3. The molecule has 3 unspecified atom stereocenters. The smallest absolute Gasteiger partial charge is 0.247 e. The van der Waals surface area contributed by atoms with E-state index in [2.05, 4.69) is 13.8 Å². The van der Waals surface area contributed by atoms with Crippen molar-refractivity contribution in [1.29, 1.82) is 0 Å². The lowest BCUT2D eigenvalue weighted by molar-refractivity contribution is -0.138. The number of nitrogens with zero attached hydrogens (tertiary/aromatic N) is 1. The van der Waals surface area contributed by atoms with Crippen molar-refractivity contribution in [3.63, 3.8) is 0 Å². The lowest BCUT2D eigenvalue weighted by Gasteiger charge is -2.43. The second kappa shape index (κ2) is 6.75. The molecule has 1 aromatic rings. The maximum Gasteiger partial charge on any atom is 0.247 e. The van der Waals surface area contributed by atoms with Crippen LogP contribution in [0.1, 0.15) is 38.7 Å². The van der Waals surface area contributed by atoms with Crippen molar-refractivity contribution in [2.45, 2.75) is 68.9 Å². The van der Waals surface area contributed by atoms with Gasteiger partial charge in [0, 0.05) is 28.5 Å². The summed E-state index contributed by atoms with van der Waals surface area (Å²) in [6.07, 6.45) is 3.75. The molecule has 6 rings (SSSR count). The van der Waals surface area contributed by atoms with E-state index in [0.29, 0.717) is 5.92 Å². The summed E-state index contributed by atoms with van der Waals surface area (Å²) in [4.78, 5) is 15.5. The van der Waals surface area contributed by atoms with E-state index in [4.69, 9.17) is 4.74 Å². The van der Waals surface area contributed by atoms with Gasteiger partial charge < -0.3 is 19.8 Å². The van der Waals surface area contributed by atoms with Gasteiger partial charge in [-0.3, -0.25) is 9.00 Å². The number of aliphatic hydroxyl groups excluding tert-OH is 2. The molecule has 1 amide bonds. The van der Waals surface area contributed by atoms with Crippen molar-refractivity contribution in [1.82, 2.24) is 4.90 Å². The highest BCUT2D eigenvalue weighted by molar-refractivity contribution is 7.87. The van der Waals surface area contributed by atoms with E-state index in [0.717, 1.165) is 24.8 Å². The molecule has 0 spiro atoms. The van der Waals surface area contributed by atoms with Crippen LogP contribution in [0.3, 0.4) is 0 Å². The summed E-state index contributed by atoms with van der Waals surface area (Å²) in [6, 6.07) is 9.58.